The van der Waals surface area contributed by atoms with Gasteiger partial charge in [0, 0.05) is 38.4 Å². The molecule has 7 heteroatoms. The minimum atomic E-state index is 0.592. The monoisotopic (exact) mass is 401 g/mol. The summed E-state index contributed by atoms with van der Waals surface area (Å²) in [4.78, 5) is 4.25. The lowest BCUT2D eigenvalue weighted by Crippen LogP contribution is -2.37. The van der Waals surface area contributed by atoms with E-state index in [1.807, 2.05) is 42.5 Å². The fourth-order valence-corrected chi connectivity index (χ4v) is 2.69. The summed E-state index contributed by atoms with van der Waals surface area (Å²) in [6.07, 6.45) is 0.878. The minimum Gasteiger partial charge on any atom is -0.497 e. The molecule has 29 heavy (non-hydrogen) atoms. The van der Waals surface area contributed by atoms with Crippen molar-refractivity contribution in [3.05, 3.63) is 53.6 Å². The fraction of sp³-hybridized carbons (Fsp3) is 0.409. The Morgan fingerprint density at radius 2 is 1.62 bits per heavy atom. The van der Waals surface area contributed by atoms with E-state index >= 15 is 0 Å². The van der Waals surface area contributed by atoms with Crippen LogP contribution in [0, 0.1) is 0 Å². The molecule has 0 atom stereocenters. The van der Waals surface area contributed by atoms with Crippen LogP contribution in [-0.2, 0) is 17.9 Å². The maximum atomic E-state index is 5.72. The zero-order valence-corrected chi connectivity index (χ0v) is 17.7. The molecule has 0 amide bonds. The molecule has 0 saturated heterocycles. The first-order valence-corrected chi connectivity index (χ1v) is 9.56. The molecular weight excluding hydrogens is 370 g/mol. The summed E-state index contributed by atoms with van der Waals surface area (Å²) in [5.41, 5.74) is 2.16. The largest absolute Gasteiger partial charge is 0.497 e. The van der Waals surface area contributed by atoms with E-state index in [1.165, 1.54) is 0 Å². The molecule has 0 aliphatic rings. The second-order valence-electron chi connectivity index (χ2n) is 6.28. The molecule has 2 N–H and O–H groups in total. The average molecular weight is 402 g/mol. The maximum absolute atomic E-state index is 5.72. The van der Waals surface area contributed by atoms with Gasteiger partial charge >= 0.3 is 0 Å². The summed E-state index contributed by atoms with van der Waals surface area (Å²) >= 11 is 0. The van der Waals surface area contributed by atoms with Crippen molar-refractivity contribution >= 4 is 5.96 Å². The molecule has 0 aliphatic carbocycles. The molecule has 7 nitrogen and oxygen atoms in total. The van der Waals surface area contributed by atoms with Crippen molar-refractivity contribution in [1.82, 2.24) is 10.6 Å². The van der Waals surface area contributed by atoms with Crippen molar-refractivity contribution < 1.29 is 18.9 Å². The highest BCUT2D eigenvalue weighted by molar-refractivity contribution is 5.79. The first-order valence-electron chi connectivity index (χ1n) is 9.56. The third kappa shape index (κ3) is 7.54. The van der Waals surface area contributed by atoms with Crippen molar-refractivity contribution in [3.8, 4) is 17.2 Å². The van der Waals surface area contributed by atoms with Crippen molar-refractivity contribution in [1.29, 1.82) is 0 Å². The van der Waals surface area contributed by atoms with E-state index in [9.17, 15) is 0 Å². The number of hydrogen-bond acceptors (Lipinski definition) is 5. The Morgan fingerprint density at radius 1 is 0.897 bits per heavy atom. The lowest BCUT2D eigenvalue weighted by molar-refractivity contribution is 0.119. The van der Waals surface area contributed by atoms with E-state index in [1.54, 1.807) is 28.4 Å². The van der Waals surface area contributed by atoms with Crippen LogP contribution in [0.15, 0.2) is 47.5 Å². The van der Waals surface area contributed by atoms with Crippen LogP contribution in [0.2, 0.25) is 0 Å². The number of hydrogen-bond donors (Lipinski definition) is 2. The van der Waals surface area contributed by atoms with Crippen LogP contribution in [0.3, 0.4) is 0 Å². The quantitative estimate of drug-likeness (QED) is 0.343. The van der Waals surface area contributed by atoms with E-state index in [0.717, 1.165) is 47.3 Å². The smallest absolute Gasteiger partial charge is 0.191 e. The first kappa shape index (κ1) is 22.4. The van der Waals surface area contributed by atoms with Gasteiger partial charge in [0.25, 0.3) is 0 Å². The Morgan fingerprint density at radius 3 is 2.28 bits per heavy atom. The number of aliphatic imine (C=N–C) groups is 1. The molecule has 0 radical (unpaired) electrons. The predicted octanol–water partition coefficient (Wildman–Crippen LogP) is 2.98. The van der Waals surface area contributed by atoms with Gasteiger partial charge in [0.15, 0.2) is 5.96 Å². The average Bonchev–Trinajstić information content (AvgIpc) is 2.78. The molecule has 0 spiro atoms. The third-order valence-corrected chi connectivity index (χ3v) is 4.35. The Hall–Kier alpha value is -2.93. The van der Waals surface area contributed by atoms with Crippen LogP contribution in [-0.4, -0.2) is 47.5 Å². The first-order chi connectivity index (χ1) is 14.2. The van der Waals surface area contributed by atoms with Crippen molar-refractivity contribution in [3.63, 3.8) is 0 Å². The molecule has 2 aromatic carbocycles. The van der Waals surface area contributed by atoms with Crippen molar-refractivity contribution in [2.24, 2.45) is 4.99 Å². The molecule has 0 aromatic heterocycles. The van der Waals surface area contributed by atoms with Gasteiger partial charge in [0.2, 0.25) is 0 Å². The summed E-state index contributed by atoms with van der Waals surface area (Å²) < 4.78 is 21.5. The van der Waals surface area contributed by atoms with Crippen LogP contribution in [0.4, 0.5) is 0 Å². The molecule has 0 aliphatic heterocycles. The van der Waals surface area contributed by atoms with E-state index < -0.39 is 0 Å². The molecule has 0 bridgehead atoms. The molecule has 0 unspecified atom stereocenters. The highest BCUT2D eigenvalue weighted by atomic mass is 16.5. The number of benzene rings is 2. The molecule has 2 rings (SSSR count). The van der Waals surface area contributed by atoms with Crippen LogP contribution < -0.4 is 24.8 Å². The number of nitrogens with one attached hydrogen (secondary N) is 2. The number of nitrogens with zero attached hydrogens (tertiary/aromatic N) is 1. The number of guanidine groups is 1. The van der Waals surface area contributed by atoms with Gasteiger partial charge in [-0.1, -0.05) is 12.1 Å². The van der Waals surface area contributed by atoms with Gasteiger partial charge < -0.3 is 29.6 Å². The minimum absolute atomic E-state index is 0.592. The van der Waals surface area contributed by atoms with Gasteiger partial charge in [-0.05, 0) is 36.2 Å². The highest BCUT2D eigenvalue weighted by Gasteiger charge is 2.06. The number of rotatable bonds is 11. The van der Waals surface area contributed by atoms with Crippen LogP contribution >= 0.6 is 0 Å². The summed E-state index contributed by atoms with van der Waals surface area (Å²) in [7, 11) is 6.70. The number of methoxy groups -OCH3 is 3. The van der Waals surface area contributed by atoms with E-state index in [4.69, 9.17) is 18.9 Å². The van der Waals surface area contributed by atoms with E-state index in [2.05, 4.69) is 15.6 Å². The third-order valence-electron chi connectivity index (χ3n) is 4.35. The molecule has 2 aromatic rings. The fourth-order valence-electron chi connectivity index (χ4n) is 2.69. The standard InChI is InChI=1S/C22H31N3O4/c1-23-22(25-15-18-8-11-20(27-3)14-21(18)28-4)24-12-5-13-29-16-17-6-9-19(26-2)10-7-17/h6-11,14H,5,12-13,15-16H2,1-4H3,(H2,23,24,25). The lowest BCUT2D eigenvalue weighted by Gasteiger charge is -2.14. The van der Waals surface area contributed by atoms with Gasteiger partial charge in [0.05, 0.1) is 27.9 Å². The Bertz CT molecular complexity index is 763. The Balaban J connectivity index is 1.66. The van der Waals surface area contributed by atoms with E-state index in [-0.39, 0.29) is 0 Å². The maximum Gasteiger partial charge on any atom is 0.191 e. The van der Waals surface area contributed by atoms with Crippen LogP contribution in [0.25, 0.3) is 0 Å². The van der Waals surface area contributed by atoms with Gasteiger partial charge in [-0.15, -0.1) is 0 Å². The second kappa shape index (κ2) is 12.5. The summed E-state index contributed by atoms with van der Waals surface area (Å²) in [5, 5.41) is 6.58. The molecule has 0 heterocycles. The van der Waals surface area contributed by atoms with Gasteiger partial charge in [-0.2, -0.15) is 0 Å². The summed E-state index contributed by atoms with van der Waals surface area (Å²) in [5.74, 6) is 3.13. The van der Waals surface area contributed by atoms with Crippen LogP contribution in [0.1, 0.15) is 17.5 Å². The second-order valence-corrected chi connectivity index (χ2v) is 6.28. The lowest BCUT2D eigenvalue weighted by atomic mass is 10.2. The zero-order valence-electron chi connectivity index (χ0n) is 17.7. The van der Waals surface area contributed by atoms with Crippen molar-refractivity contribution in [2.45, 2.75) is 19.6 Å². The topological polar surface area (TPSA) is 73.3 Å². The van der Waals surface area contributed by atoms with Crippen molar-refractivity contribution in [2.75, 3.05) is 41.5 Å². The summed E-state index contributed by atoms with van der Waals surface area (Å²) in [6.45, 7) is 2.62. The normalized spacial score (nSPS) is 11.1. The highest BCUT2D eigenvalue weighted by Crippen LogP contribution is 2.24. The van der Waals surface area contributed by atoms with E-state index in [0.29, 0.717) is 19.8 Å². The summed E-state index contributed by atoms with van der Waals surface area (Å²) in [6, 6.07) is 13.7. The SMILES string of the molecule is CN=C(NCCCOCc1ccc(OC)cc1)NCc1ccc(OC)cc1OC. The van der Waals surface area contributed by atoms with Crippen LogP contribution in [0.5, 0.6) is 17.2 Å². The number of ether oxygens (including phenoxy) is 4. The predicted molar refractivity (Wildman–Crippen MR) is 115 cm³/mol. The molecule has 158 valence electrons. The van der Waals surface area contributed by atoms with Gasteiger partial charge in [0.1, 0.15) is 17.2 Å². The Kier molecular flexibility index (Phi) is 9.65. The Labute approximate surface area is 173 Å². The molecule has 0 saturated carbocycles. The van der Waals surface area contributed by atoms with Gasteiger partial charge in [-0.25, -0.2) is 0 Å². The molecular formula is C22H31N3O4. The zero-order chi connectivity index (χ0) is 20.9. The molecule has 0 fully saturated rings. The van der Waals surface area contributed by atoms with Gasteiger partial charge in [-0.3, -0.25) is 4.99 Å².